The van der Waals surface area contributed by atoms with Crippen LogP contribution in [0, 0.1) is 0 Å². The number of hydrogen-bond acceptors (Lipinski definition) is 0. The van der Waals surface area contributed by atoms with Crippen molar-refractivity contribution in [3.05, 3.63) is 59.7 Å². The maximum Gasteiger partial charge on any atom is -0.00867 e. The molecule has 2 aromatic carbocycles. The molecule has 1 aliphatic rings. The van der Waals surface area contributed by atoms with Crippen LogP contribution >= 0.6 is 0 Å². The van der Waals surface area contributed by atoms with E-state index in [9.17, 15) is 0 Å². The molecular formula is C22H28. The summed E-state index contributed by atoms with van der Waals surface area (Å²) in [7, 11) is 0. The minimum Gasteiger partial charge on any atom is -0.0654 e. The molecule has 0 saturated carbocycles. The predicted octanol–water partition coefficient (Wildman–Crippen LogP) is 6.91. The van der Waals surface area contributed by atoms with Gasteiger partial charge in [-0.15, -0.1) is 0 Å². The molecule has 0 amide bonds. The van der Waals surface area contributed by atoms with Crippen molar-refractivity contribution in [1.82, 2.24) is 0 Å². The van der Waals surface area contributed by atoms with Gasteiger partial charge in [0.2, 0.25) is 0 Å². The normalized spacial score (nSPS) is 19.5. The van der Waals surface area contributed by atoms with E-state index in [4.69, 9.17) is 0 Å². The van der Waals surface area contributed by atoms with Crippen molar-refractivity contribution in [1.29, 1.82) is 0 Å². The van der Waals surface area contributed by atoms with Crippen LogP contribution in [0.15, 0.2) is 48.5 Å². The van der Waals surface area contributed by atoms with Crippen molar-refractivity contribution in [2.45, 2.75) is 64.2 Å². The molecule has 2 aromatic rings. The second-order valence-corrected chi connectivity index (χ2v) is 6.67. The lowest BCUT2D eigenvalue weighted by molar-refractivity contribution is 0.446. The Bertz CT molecular complexity index is 555. The standard InChI is InChI=1S/C22H28/c1-3-5-11-17-18(12-6-4-2)20-14-8-10-16-22(20)21-15-9-7-13-19(17)21/h7-10,13-18H,3-6,11-12H2,1-2H3. The summed E-state index contributed by atoms with van der Waals surface area (Å²) in [6.45, 7) is 4.62. The third-order valence-electron chi connectivity index (χ3n) is 5.23. The highest BCUT2D eigenvalue weighted by atomic mass is 14.4. The zero-order valence-electron chi connectivity index (χ0n) is 14.0. The van der Waals surface area contributed by atoms with E-state index in [0.717, 1.165) is 0 Å². The Morgan fingerprint density at radius 1 is 0.636 bits per heavy atom. The van der Waals surface area contributed by atoms with Gasteiger partial charge in [0.15, 0.2) is 0 Å². The van der Waals surface area contributed by atoms with E-state index in [1.165, 1.54) is 49.7 Å². The molecule has 0 nitrogen and oxygen atoms in total. The Morgan fingerprint density at radius 3 is 1.45 bits per heavy atom. The molecule has 0 spiro atoms. The van der Waals surface area contributed by atoms with E-state index in [-0.39, 0.29) is 0 Å². The Morgan fingerprint density at radius 2 is 1.05 bits per heavy atom. The van der Waals surface area contributed by atoms with Crippen molar-refractivity contribution in [2.24, 2.45) is 0 Å². The Labute approximate surface area is 135 Å². The maximum atomic E-state index is 2.38. The minimum atomic E-state index is 0.706. The van der Waals surface area contributed by atoms with Crippen LogP contribution in [0.5, 0.6) is 0 Å². The molecule has 0 heterocycles. The van der Waals surface area contributed by atoms with Crippen LogP contribution in [-0.4, -0.2) is 0 Å². The second-order valence-electron chi connectivity index (χ2n) is 6.67. The van der Waals surface area contributed by atoms with E-state index in [1.54, 1.807) is 11.1 Å². The lowest BCUT2D eigenvalue weighted by Gasteiger charge is -2.36. The highest BCUT2D eigenvalue weighted by Crippen LogP contribution is 2.50. The summed E-state index contributed by atoms with van der Waals surface area (Å²) in [6.07, 6.45) is 7.92. The van der Waals surface area contributed by atoms with Gasteiger partial charge in [-0.2, -0.15) is 0 Å². The fourth-order valence-corrected chi connectivity index (χ4v) is 4.13. The average molecular weight is 292 g/mol. The van der Waals surface area contributed by atoms with Gasteiger partial charge in [0.25, 0.3) is 0 Å². The van der Waals surface area contributed by atoms with E-state index in [1.807, 2.05) is 0 Å². The molecule has 0 bridgehead atoms. The van der Waals surface area contributed by atoms with Crippen LogP contribution in [0.25, 0.3) is 11.1 Å². The molecule has 0 N–H and O–H groups in total. The van der Waals surface area contributed by atoms with Crippen molar-refractivity contribution in [2.75, 3.05) is 0 Å². The largest absolute Gasteiger partial charge is 0.0654 e. The van der Waals surface area contributed by atoms with Crippen molar-refractivity contribution in [3.8, 4) is 11.1 Å². The quantitative estimate of drug-likeness (QED) is 0.542. The first-order valence-corrected chi connectivity index (χ1v) is 9.05. The van der Waals surface area contributed by atoms with Gasteiger partial charge in [-0.25, -0.2) is 0 Å². The summed E-state index contributed by atoms with van der Waals surface area (Å²) in [5, 5.41) is 0. The highest BCUT2D eigenvalue weighted by molar-refractivity contribution is 5.75. The zero-order valence-corrected chi connectivity index (χ0v) is 14.0. The zero-order chi connectivity index (χ0) is 15.4. The molecule has 0 aliphatic heterocycles. The predicted molar refractivity (Wildman–Crippen MR) is 96.4 cm³/mol. The van der Waals surface area contributed by atoms with Crippen molar-refractivity contribution < 1.29 is 0 Å². The van der Waals surface area contributed by atoms with E-state index < -0.39 is 0 Å². The fourth-order valence-electron chi connectivity index (χ4n) is 4.13. The van der Waals surface area contributed by atoms with Gasteiger partial charge in [0, 0.05) is 0 Å². The lowest BCUT2D eigenvalue weighted by atomic mass is 9.68. The van der Waals surface area contributed by atoms with E-state index in [0.29, 0.717) is 11.8 Å². The topological polar surface area (TPSA) is 0 Å². The molecule has 0 radical (unpaired) electrons. The first-order chi connectivity index (χ1) is 10.9. The Balaban J connectivity index is 2.07. The fraction of sp³-hybridized carbons (Fsp3) is 0.455. The van der Waals surface area contributed by atoms with Crippen LogP contribution in [0.4, 0.5) is 0 Å². The van der Waals surface area contributed by atoms with Gasteiger partial charge in [-0.05, 0) is 46.9 Å². The Hall–Kier alpha value is -1.56. The molecule has 0 aromatic heterocycles. The third-order valence-corrected chi connectivity index (χ3v) is 5.23. The summed E-state index contributed by atoms with van der Waals surface area (Å²) < 4.78 is 0. The first kappa shape index (κ1) is 15.3. The summed E-state index contributed by atoms with van der Waals surface area (Å²) in [6, 6.07) is 18.2. The van der Waals surface area contributed by atoms with Crippen LogP contribution in [-0.2, 0) is 0 Å². The smallest absolute Gasteiger partial charge is 0.00867 e. The van der Waals surface area contributed by atoms with E-state index in [2.05, 4.69) is 62.4 Å². The van der Waals surface area contributed by atoms with Crippen molar-refractivity contribution in [3.63, 3.8) is 0 Å². The highest BCUT2D eigenvalue weighted by Gasteiger charge is 2.32. The molecule has 22 heavy (non-hydrogen) atoms. The minimum absolute atomic E-state index is 0.706. The van der Waals surface area contributed by atoms with Gasteiger partial charge < -0.3 is 0 Å². The molecule has 0 fully saturated rings. The number of unbranched alkanes of at least 4 members (excludes halogenated alkanes) is 2. The van der Waals surface area contributed by atoms with E-state index >= 15 is 0 Å². The number of fused-ring (bicyclic) bond motifs is 3. The summed E-state index contributed by atoms with van der Waals surface area (Å²) >= 11 is 0. The number of hydrogen-bond donors (Lipinski definition) is 0. The van der Waals surface area contributed by atoms with Gasteiger partial charge >= 0.3 is 0 Å². The average Bonchev–Trinajstić information content (AvgIpc) is 2.58. The van der Waals surface area contributed by atoms with Gasteiger partial charge in [-0.3, -0.25) is 0 Å². The van der Waals surface area contributed by atoms with Crippen molar-refractivity contribution >= 4 is 0 Å². The lowest BCUT2D eigenvalue weighted by Crippen LogP contribution is -2.18. The SMILES string of the molecule is CCCCC1c2ccccc2-c2ccccc2C1CCCC. The number of benzene rings is 2. The molecule has 2 atom stereocenters. The van der Waals surface area contributed by atoms with Gasteiger partial charge in [0.05, 0.1) is 0 Å². The van der Waals surface area contributed by atoms with Gasteiger partial charge in [-0.1, -0.05) is 88.1 Å². The van der Waals surface area contributed by atoms with Crippen LogP contribution in [0.1, 0.15) is 75.3 Å². The molecular weight excluding hydrogens is 264 g/mol. The molecule has 116 valence electrons. The van der Waals surface area contributed by atoms with Crippen LogP contribution in [0.2, 0.25) is 0 Å². The summed E-state index contributed by atoms with van der Waals surface area (Å²) in [4.78, 5) is 0. The number of rotatable bonds is 6. The third kappa shape index (κ3) is 2.84. The second kappa shape index (κ2) is 7.13. The monoisotopic (exact) mass is 292 g/mol. The molecule has 0 saturated heterocycles. The molecule has 3 rings (SSSR count). The Kier molecular flexibility index (Phi) is 4.97. The molecule has 2 unspecified atom stereocenters. The van der Waals surface area contributed by atoms with Crippen LogP contribution in [0.3, 0.4) is 0 Å². The molecule has 1 aliphatic carbocycles. The molecule has 0 heteroatoms. The van der Waals surface area contributed by atoms with Crippen LogP contribution < -0.4 is 0 Å². The maximum absolute atomic E-state index is 2.38. The summed E-state index contributed by atoms with van der Waals surface area (Å²) in [5.41, 5.74) is 6.14. The first-order valence-electron chi connectivity index (χ1n) is 9.05. The van der Waals surface area contributed by atoms with Gasteiger partial charge in [0.1, 0.15) is 0 Å². The summed E-state index contributed by atoms with van der Waals surface area (Å²) in [5.74, 6) is 1.41.